The second-order valence-corrected chi connectivity index (χ2v) is 6.31. The molecule has 1 saturated heterocycles. The third-order valence-corrected chi connectivity index (χ3v) is 5.19. The topological polar surface area (TPSA) is 21.3 Å². The van der Waals surface area contributed by atoms with Crippen LogP contribution in [-0.2, 0) is 6.42 Å². The summed E-state index contributed by atoms with van der Waals surface area (Å²) in [7, 11) is 1.80. The van der Waals surface area contributed by atoms with Gasteiger partial charge in [0.1, 0.15) is 5.75 Å². The summed E-state index contributed by atoms with van der Waals surface area (Å²) in [6, 6.07) is 6.73. The van der Waals surface area contributed by atoms with E-state index in [9.17, 15) is 0 Å². The Morgan fingerprint density at radius 1 is 1.26 bits per heavy atom. The first-order valence-corrected chi connectivity index (χ1v) is 7.64. The number of ether oxygens (including phenoxy) is 1. The minimum Gasteiger partial charge on any atom is -0.496 e. The van der Waals surface area contributed by atoms with Crippen molar-refractivity contribution in [2.75, 3.05) is 20.2 Å². The summed E-state index contributed by atoms with van der Waals surface area (Å²) in [5, 5.41) is 3.44. The second-order valence-electron chi connectivity index (χ2n) is 6.31. The van der Waals surface area contributed by atoms with Gasteiger partial charge in [0.05, 0.1) is 7.11 Å². The van der Waals surface area contributed by atoms with Crippen LogP contribution < -0.4 is 10.1 Å². The van der Waals surface area contributed by atoms with Gasteiger partial charge in [0.15, 0.2) is 0 Å². The molecule has 1 aliphatic heterocycles. The van der Waals surface area contributed by atoms with Gasteiger partial charge in [0.2, 0.25) is 0 Å². The van der Waals surface area contributed by atoms with E-state index in [1.165, 1.54) is 49.9 Å². The zero-order chi connectivity index (χ0) is 13.3. The molecule has 1 aromatic carbocycles. The molecule has 1 aliphatic carbocycles. The van der Waals surface area contributed by atoms with Crippen LogP contribution in [0.3, 0.4) is 0 Å². The maximum atomic E-state index is 5.58. The predicted molar refractivity (Wildman–Crippen MR) is 78.9 cm³/mol. The maximum Gasteiger partial charge on any atom is 0.122 e. The van der Waals surface area contributed by atoms with Gasteiger partial charge in [-0.25, -0.2) is 0 Å². The van der Waals surface area contributed by atoms with Crippen molar-refractivity contribution in [2.45, 2.75) is 44.9 Å². The maximum absolute atomic E-state index is 5.58. The fraction of sp³-hybridized carbons (Fsp3) is 0.647. The third kappa shape index (κ3) is 2.38. The third-order valence-electron chi connectivity index (χ3n) is 5.19. The van der Waals surface area contributed by atoms with Crippen molar-refractivity contribution in [2.24, 2.45) is 5.41 Å². The Labute approximate surface area is 116 Å². The van der Waals surface area contributed by atoms with Crippen LogP contribution in [0, 0.1) is 5.41 Å². The summed E-state index contributed by atoms with van der Waals surface area (Å²) in [6.45, 7) is 4.71. The van der Waals surface area contributed by atoms with Gasteiger partial charge >= 0.3 is 0 Å². The van der Waals surface area contributed by atoms with Crippen LogP contribution in [-0.4, -0.2) is 20.2 Å². The minimum absolute atomic E-state index is 0.645. The van der Waals surface area contributed by atoms with Gasteiger partial charge in [-0.2, -0.15) is 0 Å². The Morgan fingerprint density at radius 2 is 2.00 bits per heavy atom. The van der Waals surface area contributed by atoms with Crippen molar-refractivity contribution in [3.8, 4) is 5.75 Å². The summed E-state index contributed by atoms with van der Waals surface area (Å²) in [5.41, 5.74) is 3.52. The van der Waals surface area contributed by atoms with Crippen molar-refractivity contribution >= 4 is 0 Å². The van der Waals surface area contributed by atoms with Gasteiger partial charge in [0.25, 0.3) is 0 Å². The van der Waals surface area contributed by atoms with E-state index in [-0.39, 0.29) is 0 Å². The summed E-state index contributed by atoms with van der Waals surface area (Å²) < 4.78 is 5.58. The summed E-state index contributed by atoms with van der Waals surface area (Å²) in [6.07, 6.45) is 6.52. The lowest BCUT2D eigenvalue weighted by atomic mass is 9.65. The lowest BCUT2D eigenvalue weighted by molar-refractivity contribution is 0.0970. The monoisotopic (exact) mass is 259 g/mol. The molecule has 1 heterocycles. The zero-order valence-corrected chi connectivity index (χ0v) is 12.2. The van der Waals surface area contributed by atoms with Crippen LogP contribution in [0.5, 0.6) is 5.75 Å². The molecule has 0 bridgehead atoms. The molecule has 0 unspecified atom stereocenters. The van der Waals surface area contributed by atoms with E-state index in [1.807, 2.05) is 0 Å². The molecule has 19 heavy (non-hydrogen) atoms. The molecule has 1 aromatic rings. The molecule has 104 valence electrons. The van der Waals surface area contributed by atoms with E-state index >= 15 is 0 Å². The number of benzene rings is 1. The largest absolute Gasteiger partial charge is 0.496 e. The summed E-state index contributed by atoms with van der Waals surface area (Å²) in [4.78, 5) is 0. The molecule has 0 atom stereocenters. The Bertz CT molecular complexity index is 441. The molecule has 0 aromatic heterocycles. The Balaban J connectivity index is 1.78. The first-order chi connectivity index (χ1) is 9.26. The van der Waals surface area contributed by atoms with Gasteiger partial charge in [-0.05, 0) is 60.6 Å². The number of hydrogen-bond donors (Lipinski definition) is 1. The van der Waals surface area contributed by atoms with E-state index < -0.39 is 0 Å². The molecular formula is C17H25NO. The molecule has 2 nitrogen and oxygen atoms in total. The Morgan fingerprint density at radius 3 is 2.53 bits per heavy atom. The van der Waals surface area contributed by atoms with Crippen LogP contribution in [0.15, 0.2) is 18.2 Å². The van der Waals surface area contributed by atoms with Crippen molar-refractivity contribution < 1.29 is 4.74 Å². The zero-order valence-electron chi connectivity index (χ0n) is 12.2. The molecule has 0 amide bonds. The Kier molecular flexibility index (Phi) is 3.53. The highest BCUT2D eigenvalue weighted by Gasteiger charge is 2.40. The van der Waals surface area contributed by atoms with Crippen LogP contribution in [0.4, 0.5) is 0 Å². The highest BCUT2D eigenvalue weighted by Crippen LogP contribution is 2.46. The highest BCUT2D eigenvalue weighted by molar-refractivity contribution is 5.40. The van der Waals surface area contributed by atoms with Crippen molar-refractivity contribution in [3.05, 3.63) is 29.3 Å². The molecule has 1 N–H and O–H groups in total. The summed E-state index contributed by atoms with van der Waals surface area (Å²) in [5.74, 6) is 1.79. The smallest absolute Gasteiger partial charge is 0.122 e. The first-order valence-electron chi connectivity index (χ1n) is 7.64. The normalized spacial score (nSPS) is 22.2. The molecule has 1 saturated carbocycles. The molecule has 2 aliphatic rings. The molecule has 2 heteroatoms. The highest BCUT2D eigenvalue weighted by atomic mass is 16.5. The van der Waals surface area contributed by atoms with Crippen LogP contribution >= 0.6 is 0 Å². The first kappa shape index (κ1) is 13.0. The van der Waals surface area contributed by atoms with Crippen molar-refractivity contribution in [3.63, 3.8) is 0 Å². The Hall–Kier alpha value is -1.02. The van der Waals surface area contributed by atoms with Gasteiger partial charge in [-0.15, -0.1) is 0 Å². The standard InChI is InChI=1S/C17H25NO/c1-3-13-4-5-16(19-2)15(10-13)14-6-8-17(9-7-14)11-18-12-17/h4-5,10,14,18H,3,6-9,11-12H2,1-2H3. The molecule has 0 radical (unpaired) electrons. The lowest BCUT2D eigenvalue weighted by Gasteiger charge is -2.47. The van der Waals surface area contributed by atoms with E-state index in [0.29, 0.717) is 11.3 Å². The van der Waals surface area contributed by atoms with Crippen LogP contribution in [0.2, 0.25) is 0 Å². The molecule has 3 rings (SSSR count). The van der Waals surface area contributed by atoms with Crippen molar-refractivity contribution in [1.82, 2.24) is 5.32 Å². The van der Waals surface area contributed by atoms with Gasteiger partial charge in [-0.1, -0.05) is 19.1 Å². The van der Waals surface area contributed by atoms with Gasteiger partial charge in [0, 0.05) is 13.1 Å². The number of methoxy groups -OCH3 is 1. The van der Waals surface area contributed by atoms with E-state index in [0.717, 1.165) is 12.2 Å². The van der Waals surface area contributed by atoms with E-state index in [2.05, 4.69) is 30.4 Å². The average Bonchev–Trinajstić information content (AvgIpc) is 2.45. The lowest BCUT2D eigenvalue weighted by Crippen LogP contribution is -2.54. The SMILES string of the molecule is CCc1ccc(OC)c(C2CCC3(CC2)CNC3)c1. The minimum atomic E-state index is 0.645. The predicted octanol–water partition coefficient (Wildman–Crippen LogP) is 3.50. The second kappa shape index (κ2) is 5.16. The quantitative estimate of drug-likeness (QED) is 0.897. The van der Waals surface area contributed by atoms with Gasteiger partial charge in [-0.3, -0.25) is 0 Å². The van der Waals surface area contributed by atoms with Crippen molar-refractivity contribution in [1.29, 1.82) is 0 Å². The number of hydrogen-bond acceptors (Lipinski definition) is 2. The molecule has 2 fully saturated rings. The average molecular weight is 259 g/mol. The van der Waals surface area contributed by atoms with Gasteiger partial charge < -0.3 is 10.1 Å². The fourth-order valence-electron chi connectivity index (χ4n) is 3.70. The fourth-order valence-corrected chi connectivity index (χ4v) is 3.70. The number of aryl methyl sites for hydroxylation is 1. The van der Waals surface area contributed by atoms with E-state index in [4.69, 9.17) is 4.74 Å². The number of nitrogens with one attached hydrogen (secondary N) is 1. The van der Waals surface area contributed by atoms with Crippen LogP contribution in [0.25, 0.3) is 0 Å². The molecular weight excluding hydrogens is 234 g/mol. The number of rotatable bonds is 3. The van der Waals surface area contributed by atoms with E-state index in [1.54, 1.807) is 7.11 Å². The van der Waals surface area contributed by atoms with Crippen LogP contribution in [0.1, 0.15) is 49.7 Å². The molecule has 1 spiro atoms. The summed E-state index contributed by atoms with van der Waals surface area (Å²) >= 11 is 0.